The van der Waals surface area contributed by atoms with Gasteiger partial charge >= 0.3 is 40.2 Å². The zero-order chi connectivity index (χ0) is 74.8. The number of aryl methyl sites for hydroxylation is 14. The van der Waals surface area contributed by atoms with Crippen LogP contribution in [0.3, 0.4) is 0 Å². The van der Waals surface area contributed by atoms with Crippen LogP contribution in [0.5, 0.6) is 0 Å². The molecule has 7 heteroatoms. The second-order valence-electron chi connectivity index (χ2n) is 28.4. The molecule has 0 N–H and O–H groups in total. The SMILES string of the molecule is Cc1[c-]c(-c2nc(C)c(C)c(C)c2C)c(C)c(C)c1C.Cc1[c-]c(-c2nc(C)c(C)c(C)c2C)c(C)c(C)c1C.Cc1[c-]c(-c2nc(C)c(C)c3c(C)c(C)c(C)c(C)c23)c(C)c(C)c1C.Cc1[c-]c(-c2nc(C)c(C)c3c(C)c(C)c(C)c(C)c23)c(C)c(C)c1C.[CH2-]C[CH2-].[CH2-]C[CH2-].[Ir+3].[Ir+3].[Ir]. The normalized spacial score (nSPS) is 10.6. The third-order valence-corrected chi connectivity index (χ3v) is 23.3. The van der Waals surface area contributed by atoms with Gasteiger partial charge in [0.2, 0.25) is 0 Å². The first-order valence-electron chi connectivity index (χ1n) is 35.3. The van der Waals surface area contributed by atoms with Crippen LogP contribution in [0.25, 0.3) is 66.6 Å². The van der Waals surface area contributed by atoms with Crippen LogP contribution in [0.4, 0.5) is 0 Å². The summed E-state index contributed by atoms with van der Waals surface area (Å²) in [6.07, 6.45) is 1.50. The third-order valence-electron chi connectivity index (χ3n) is 23.3. The topological polar surface area (TPSA) is 51.6 Å². The summed E-state index contributed by atoms with van der Waals surface area (Å²) in [6, 6.07) is 14.4. The van der Waals surface area contributed by atoms with Crippen molar-refractivity contribution >= 4 is 21.5 Å². The molecule has 1 radical (unpaired) electrons. The van der Waals surface area contributed by atoms with Crippen molar-refractivity contribution < 1.29 is 60.3 Å². The molecular weight excluding hydrogens is 1760 g/mol. The van der Waals surface area contributed by atoms with E-state index in [-0.39, 0.29) is 60.3 Å². The number of aromatic nitrogens is 4. The number of benzene rings is 6. The van der Waals surface area contributed by atoms with Gasteiger partial charge < -0.3 is 60.5 Å². The molecule has 0 spiro atoms. The number of rotatable bonds is 4. The maximum Gasteiger partial charge on any atom is 3.00 e. The van der Waals surface area contributed by atoms with Crippen molar-refractivity contribution in [3.05, 3.63) is 253 Å². The summed E-state index contributed by atoms with van der Waals surface area (Å²) < 4.78 is 0. The summed E-state index contributed by atoms with van der Waals surface area (Å²) >= 11 is 0. The molecule has 10 aromatic rings. The summed E-state index contributed by atoms with van der Waals surface area (Å²) in [4.78, 5) is 19.9. The number of nitrogens with zero attached hydrogens (tertiary/aromatic N) is 4. The van der Waals surface area contributed by atoms with Crippen LogP contribution in [0, 0.1) is 301 Å². The van der Waals surface area contributed by atoms with E-state index in [1.165, 1.54) is 200 Å². The monoisotopic (exact) mass is 1880 g/mol. The van der Waals surface area contributed by atoms with Gasteiger partial charge in [-0.15, -0.1) is 136 Å². The van der Waals surface area contributed by atoms with Crippen LogP contribution in [0.15, 0.2) is 0 Å². The van der Waals surface area contributed by atoms with Gasteiger partial charge in [-0.05, 0) is 250 Å². The van der Waals surface area contributed by atoms with E-state index in [0.717, 1.165) is 80.6 Å². The van der Waals surface area contributed by atoms with Gasteiger partial charge in [0.1, 0.15) is 0 Å². The summed E-state index contributed by atoms with van der Waals surface area (Å²) in [5.41, 5.74) is 55.7. The molecule has 0 aliphatic heterocycles. The maximum absolute atomic E-state index is 5.09. The molecule has 4 heterocycles. The van der Waals surface area contributed by atoms with Crippen LogP contribution < -0.4 is 0 Å². The Morgan fingerprint density at radius 3 is 0.564 bits per heavy atom. The van der Waals surface area contributed by atoms with E-state index in [1.54, 1.807) is 0 Å². The largest absolute Gasteiger partial charge is 3.00 e. The first-order chi connectivity index (χ1) is 45.5. The number of pyridine rings is 4. The Morgan fingerprint density at radius 2 is 0.347 bits per heavy atom. The van der Waals surface area contributed by atoms with E-state index < -0.39 is 0 Å². The molecule has 4 aromatic heterocycles. The van der Waals surface area contributed by atoms with Crippen LogP contribution >= 0.6 is 0 Å². The van der Waals surface area contributed by atoms with E-state index in [4.69, 9.17) is 19.9 Å². The predicted molar refractivity (Wildman–Crippen MR) is 430 cm³/mol. The van der Waals surface area contributed by atoms with E-state index in [1.807, 2.05) is 0 Å². The first kappa shape index (κ1) is 91.5. The molecule has 101 heavy (non-hydrogen) atoms. The standard InChI is InChI=1S/2C25H30N.2C19H24N.2C3H6.3Ir/c2*1-12-11-22(17(6)14(3)13(12)2)25-24-19(8)16(5)15(4)18(7)23(24)20(9)21(10)26-25;2*1-10-9-18(15(6)12(3)11(10)2)19-16(7)13(4)14(5)17(8)20-19;2*1-3-2;;;/h2*1-10H3;2*1-8H3;2*1-3H2;;;/q4*-1;2*-2;;2*+3. The zero-order valence-corrected chi connectivity index (χ0v) is 76.2. The van der Waals surface area contributed by atoms with Crippen molar-refractivity contribution in [2.24, 2.45) is 0 Å². The average Bonchev–Trinajstić information content (AvgIpc) is 0.743. The zero-order valence-electron chi connectivity index (χ0n) is 69.0. The molecule has 0 fully saturated rings. The average molecular weight is 1880 g/mol. The maximum atomic E-state index is 5.09. The minimum atomic E-state index is 0. The number of hydrogen-bond donors (Lipinski definition) is 0. The van der Waals surface area contributed by atoms with E-state index in [0.29, 0.717) is 0 Å². The molecule has 6 aromatic carbocycles. The molecule has 0 unspecified atom stereocenters. The van der Waals surface area contributed by atoms with Crippen molar-refractivity contribution in [1.82, 2.24) is 19.9 Å². The van der Waals surface area contributed by atoms with Crippen molar-refractivity contribution in [3.63, 3.8) is 0 Å². The van der Waals surface area contributed by atoms with Crippen LogP contribution in [-0.2, 0) is 60.3 Å². The molecule has 0 amide bonds. The summed E-state index contributed by atoms with van der Waals surface area (Å²) in [7, 11) is 0. The van der Waals surface area contributed by atoms with Gasteiger partial charge in [-0.1, -0.05) is 133 Å². The molecule has 545 valence electrons. The van der Waals surface area contributed by atoms with Gasteiger partial charge in [0, 0.05) is 42.9 Å². The molecule has 0 saturated carbocycles. The quantitative estimate of drug-likeness (QED) is 0.165. The van der Waals surface area contributed by atoms with Crippen molar-refractivity contribution in [1.29, 1.82) is 0 Å². The Hall–Kier alpha value is -5.61. The smallest absolute Gasteiger partial charge is 0.372 e. The van der Waals surface area contributed by atoms with Crippen LogP contribution in [0.2, 0.25) is 0 Å². The number of fused-ring (bicyclic) bond motifs is 2. The minimum Gasteiger partial charge on any atom is -0.372 e. The molecule has 0 atom stereocenters. The van der Waals surface area contributed by atoms with E-state index in [9.17, 15) is 0 Å². The Kier molecular flexibility index (Phi) is 33.9. The van der Waals surface area contributed by atoms with Crippen molar-refractivity contribution in [3.8, 4) is 45.0 Å². The van der Waals surface area contributed by atoms with Gasteiger partial charge in [-0.3, -0.25) is 0 Å². The van der Waals surface area contributed by atoms with Crippen molar-refractivity contribution in [2.45, 2.75) is 262 Å². The second-order valence-corrected chi connectivity index (χ2v) is 28.4. The van der Waals surface area contributed by atoms with Crippen LogP contribution in [-0.4, -0.2) is 19.9 Å². The Morgan fingerprint density at radius 1 is 0.188 bits per heavy atom. The fourth-order valence-electron chi connectivity index (χ4n) is 13.6. The molecule has 0 bridgehead atoms. The predicted octanol–water partition coefficient (Wildman–Crippen LogP) is 25.7. The second kappa shape index (κ2) is 37.4. The van der Waals surface area contributed by atoms with Gasteiger partial charge in [0.25, 0.3) is 0 Å². The fraction of sp³-hybridized carbons (Fsp3) is 0.404. The van der Waals surface area contributed by atoms with Gasteiger partial charge in [-0.2, -0.15) is 0 Å². The third kappa shape index (κ3) is 18.2. The Bertz CT molecular complexity index is 4340. The minimum absolute atomic E-state index is 0. The van der Waals surface area contributed by atoms with E-state index in [2.05, 4.69) is 301 Å². The van der Waals surface area contributed by atoms with Crippen molar-refractivity contribution in [2.75, 3.05) is 0 Å². The molecule has 4 nitrogen and oxygen atoms in total. The number of hydrogen-bond acceptors (Lipinski definition) is 4. The molecule has 10 rings (SSSR count). The summed E-state index contributed by atoms with van der Waals surface area (Å²) in [6.45, 7) is 92.2. The molecule has 0 aliphatic carbocycles. The molecular formula is C94H120Ir3N4-2. The molecule has 0 aliphatic rings. The fourth-order valence-corrected chi connectivity index (χ4v) is 13.6. The Labute approximate surface area is 656 Å². The van der Waals surface area contributed by atoms with Gasteiger partial charge in [-0.25, -0.2) is 0 Å². The van der Waals surface area contributed by atoms with Crippen LogP contribution in [0.1, 0.15) is 214 Å². The summed E-state index contributed by atoms with van der Waals surface area (Å²) in [5.74, 6) is 0. The first-order valence-corrected chi connectivity index (χ1v) is 35.3. The summed E-state index contributed by atoms with van der Waals surface area (Å²) in [5, 5.41) is 5.35. The van der Waals surface area contributed by atoms with E-state index >= 15 is 0 Å². The Balaban J connectivity index is 0.000000444. The molecule has 0 saturated heterocycles. The van der Waals surface area contributed by atoms with Gasteiger partial charge in [0.15, 0.2) is 0 Å². The van der Waals surface area contributed by atoms with Gasteiger partial charge in [0.05, 0.1) is 0 Å².